The molecule has 0 saturated carbocycles. The number of esters is 1. The second kappa shape index (κ2) is 10.6. The molecule has 0 bridgehead atoms. The second-order valence-corrected chi connectivity index (χ2v) is 7.35. The van der Waals surface area contributed by atoms with E-state index in [9.17, 15) is 14.4 Å². The Bertz CT molecular complexity index is 1160. The SMILES string of the molecule is COc1ccc(CCNC(=O)COC(=O)c2nn(-c3ccc(Cl)cc3)c(C)cc2=O)cc1. The van der Waals surface area contributed by atoms with Crippen molar-refractivity contribution in [2.24, 2.45) is 0 Å². The Kier molecular flexibility index (Phi) is 7.62. The van der Waals surface area contributed by atoms with E-state index in [1.165, 1.54) is 10.7 Å². The van der Waals surface area contributed by atoms with E-state index in [0.717, 1.165) is 11.3 Å². The van der Waals surface area contributed by atoms with E-state index in [1.807, 2.05) is 24.3 Å². The number of amides is 1. The summed E-state index contributed by atoms with van der Waals surface area (Å²) in [6, 6.07) is 15.5. The Hall–Kier alpha value is -3.65. The Labute approximate surface area is 189 Å². The molecule has 0 aliphatic heterocycles. The van der Waals surface area contributed by atoms with Crippen LogP contribution in [-0.2, 0) is 16.0 Å². The van der Waals surface area contributed by atoms with E-state index >= 15 is 0 Å². The summed E-state index contributed by atoms with van der Waals surface area (Å²) < 4.78 is 11.5. The van der Waals surface area contributed by atoms with Crippen molar-refractivity contribution in [1.29, 1.82) is 0 Å². The molecule has 0 spiro atoms. The molecule has 0 aliphatic carbocycles. The standard InChI is InChI=1S/C23H22ClN3O5/c1-15-13-20(28)22(26-27(15)18-7-5-17(24)6-8-18)23(30)32-14-21(29)25-12-11-16-3-9-19(31-2)10-4-16/h3-10,13H,11-12,14H2,1-2H3,(H,25,29). The molecule has 1 amide bonds. The molecule has 0 atom stereocenters. The second-order valence-electron chi connectivity index (χ2n) is 6.91. The molecular weight excluding hydrogens is 434 g/mol. The fourth-order valence-electron chi connectivity index (χ4n) is 2.92. The lowest BCUT2D eigenvalue weighted by Gasteiger charge is -2.11. The molecule has 32 heavy (non-hydrogen) atoms. The smallest absolute Gasteiger partial charge is 0.363 e. The van der Waals surface area contributed by atoms with Crippen molar-refractivity contribution in [1.82, 2.24) is 15.1 Å². The van der Waals surface area contributed by atoms with Gasteiger partial charge in [0.25, 0.3) is 5.91 Å². The zero-order chi connectivity index (χ0) is 23.1. The first-order chi connectivity index (χ1) is 15.4. The monoisotopic (exact) mass is 455 g/mol. The number of hydrogen-bond donors (Lipinski definition) is 1. The minimum atomic E-state index is -0.969. The van der Waals surface area contributed by atoms with Crippen molar-refractivity contribution in [3.05, 3.63) is 86.8 Å². The molecule has 1 aromatic heterocycles. The van der Waals surface area contributed by atoms with Crippen molar-refractivity contribution in [3.8, 4) is 11.4 Å². The summed E-state index contributed by atoms with van der Waals surface area (Å²) in [7, 11) is 1.59. The third-order valence-corrected chi connectivity index (χ3v) is 4.85. The van der Waals surface area contributed by atoms with Crippen LogP contribution in [0.1, 0.15) is 21.7 Å². The molecule has 0 fully saturated rings. The van der Waals surface area contributed by atoms with Gasteiger partial charge in [-0.05, 0) is 55.3 Å². The van der Waals surface area contributed by atoms with E-state index < -0.39 is 29.6 Å². The van der Waals surface area contributed by atoms with Crippen molar-refractivity contribution in [2.45, 2.75) is 13.3 Å². The molecule has 1 N–H and O–H groups in total. The Balaban J connectivity index is 1.56. The van der Waals surface area contributed by atoms with Gasteiger partial charge < -0.3 is 14.8 Å². The van der Waals surface area contributed by atoms with Gasteiger partial charge in [0.2, 0.25) is 11.1 Å². The van der Waals surface area contributed by atoms with E-state index in [2.05, 4.69) is 10.4 Å². The predicted molar refractivity (Wildman–Crippen MR) is 120 cm³/mol. The van der Waals surface area contributed by atoms with Crippen LogP contribution in [0.3, 0.4) is 0 Å². The number of carbonyl (C=O) groups is 2. The number of carbonyl (C=O) groups excluding carboxylic acids is 2. The number of nitrogens with one attached hydrogen (secondary N) is 1. The van der Waals surface area contributed by atoms with E-state index in [-0.39, 0.29) is 0 Å². The van der Waals surface area contributed by atoms with E-state index in [1.54, 1.807) is 38.3 Å². The average Bonchev–Trinajstić information content (AvgIpc) is 2.79. The molecule has 0 radical (unpaired) electrons. The van der Waals surface area contributed by atoms with Gasteiger partial charge in [0.15, 0.2) is 6.61 Å². The first-order valence-electron chi connectivity index (χ1n) is 9.81. The van der Waals surface area contributed by atoms with Gasteiger partial charge in [-0.1, -0.05) is 23.7 Å². The molecule has 3 rings (SSSR count). The van der Waals surface area contributed by atoms with Gasteiger partial charge in [0, 0.05) is 23.3 Å². The van der Waals surface area contributed by atoms with E-state index in [0.29, 0.717) is 29.4 Å². The summed E-state index contributed by atoms with van der Waals surface area (Å²) in [4.78, 5) is 36.6. The minimum absolute atomic E-state index is 0.370. The van der Waals surface area contributed by atoms with Gasteiger partial charge in [-0.3, -0.25) is 9.59 Å². The average molecular weight is 456 g/mol. The van der Waals surface area contributed by atoms with Crippen LogP contribution in [0, 0.1) is 6.92 Å². The van der Waals surface area contributed by atoms with Crippen LogP contribution in [0.2, 0.25) is 5.02 Å². The number of halogens is 1. The Morgan fingerprint density at radius 2 is 1.78 bits per heavy atom. The summed E-state index contributed by atoms with van der Waals surface area (Å²) in [6.45, 7) is 1.54. The molecule has 0 unspecified atom stereocenters. The van der Waals surface area contributed by atoms with Crippen LogP contribution >= 0.6 is 11.6 Å². The normalized spacial score (nSPS) is 10.5. The highest BCUT2D eigenvalue weighted by Gasteiger charge is 2.18. The molecule has 0 aliphatic rings. The lowest BCUT2D eigenvalue weighted by molar-refractivity contribution is -0.124. The number of hydrogen-bond acceptors (Lipinski definition) is 6. The number of benzene rings is 2. The van der Waals surface area contributed by atoms with Crippen molar-refractivity contribution in [3.63, 3.8) is 0 Å². The van der Waals surface area contributed by atoms with Gasteiger partial charge in [0.05, 0.1) is 12.8 Å². The zero-order valence-corrected chi connectivity index (χ0v) is 18.4. The first-order valence-corrected chi connectivity index (χ1v) is 10.2. The van der Waals surface area contributed by atoms with Crippen LogP contribution in [0.5, 0.6) is 5.75 Å². The quantitative estimate of drug-likeness (QED) is 0.524. The van der Waals surface area contributed by atoms with Gasteiger partial charge >= 0.3 is 5.97 Å². The number of aryl methyl sites for hydroxylation is 1. The predicted octanol–water partition coefficient (Wildman–Crippen LogP) is 2.72. The van der Waals surface area contributed by atoms with Gasteiger partial charge in [-0.15, -0.1) is 0 Å². The summed E-state index contributed by atoms with van der Waals surface area (Å²) in [5.41, 5.74) is 1.19. The van der Waals surface area contributed by atoms with Gasteiger partial charge in [-0.2, -0.15) is 5.10 Å². The topological polar surface area (TPSA) is 99.5 Å². The fourth-order valence-corrected chi connectivity index (χ4v) is 3.05. The van der Waals surface area contributed by atoms with Crippen molar-refractivity contribution < 1.29 is 19.1 Å². The third kappa shape index (κ3) is 5.95. The maximum Gasteiger partial charge on any atom is 0.363 e. The maximum absolute atomic E-state index is 12.4. The van der Waals surface area contributed by atoms with Crippen LogP contribution in [0.4, 0.5) is 0 Å². The Morgan fingerprint density at radius 3 is 2.44 bits per heavy atom. The van der Waals surface area contributed by atoms with Crippen LogP contribution < -0.4 is 15.5 Å². The number of nitrogens with zero attached hydrogens (tertiary/aromatic N) is 2. The minimum Gasteiger partial charge on any atom is -0.497 e. The molecule has 3 aromatic rings. The molecule has 1 heterocycles. The highest BCUT2D eigenvalue weighted by Crippen LogP contribution is 2.14. The lowest BCUT2D eigenvalue weighted by Crippen LogP contribution is -2.32. The lowest BCUT2D eigenvalue weighted by atomic mass is 10.1. The van der Waals surface area contributed by atoms with Crippen molar-refractivity contribution in [2.75, 3.05) is 20.3 Å². The number of ether oxygens (including phenoxy) is 2. The first kappa shape index (κ1) is 23.0. The van der Waals surface area contributed by atoms with Gasteiger partial charge in [0.1, 0.15) is 5.75 Å². The third-order valence-electron chi connectivity index (χ3n) is 4.60. The van der Waals surface area contributed by atoms with Crippen LogP contribution in [-0.4, -0.2) is 41.9 Å². The summed E-state index contributed by atoms with van der Waals surface area (Å²) in [5, 5.41) is 7.33. The van der Waals surface area contributed by atoms with Crippen molar-refractivity contribution >= 4 is 23.5 Å². The van der Waals surface area contributed by atoms with E-state index in [4.69, 9.17) is 21.1 Å². The fraction of sp³-hybridized carbons (Fsp3) is 0.217. The molecule has 2 aromatic carbocycles. The summed E-state index contributed by atoms with van der Waals surface area (Å²) in [6.07, 6.45) is 0.606. The number of rotatable bonds is 8. The molecule has 166 valence electrons. The highest BCUT2D eigenvalue weighted by molar-refractivity contribution is 6.30. The largest absolute Gasteiger partial charge is 0.497 e. The number of aromatic nitrogens is 2. The summed E-state index contributed by atoms with van der Waals surface area (Å²) in [5.74, 6) is -0.690. The van der Waals surface area contributed by atoms with Crippen LogP contribution in [0.15, 0.2) is 59.4 Å². The van der Waals surface area contributed by atoms with Crippen LogP contribution in [0.25, 0.3) is 5.69 Å². The Morgan fingerprint density at radius 1 is 1.09 bits per heavy atom. The zero-order valence-electron chi connectivity index (χ0n) is 17.6. The van der Waals surface area contributed by atoms with Gasteiger partial charge in [-0.25, -0.2) is 9.48 Å². The maximum atomic E-state index is 12.4. The highest BCUT2D eigenvalue weighted by atomic mass is 35.5. The molecular formula is C23H22ClN3O5. The number of methoxy groups -OCH3 is 1. The molecule has 0 saturated heterocycles. The summed E-state index contributed by atoms with van der Waals surface area (Å²) >= 11 is 5.90. The molecule has 9 heteroatoms. The molecule has 8 nitrogen and oxygen atoms in total.